The summed E-state index contributed by atoms with van der Waals surface area (Å²) in [7, 11) is 0. The molecule has 0 radical (unpaired) electrons. The fourth-order valence-electron chi connectivity index (χ4n) is 4.54. The van der Waals surface area contributed by atoms with E-state index >= 15 is 0 Å². The first kappa shape index (κ1) is 31.6. The summed E-state index contributed by atoms with van der Waals surface area (Å²) >= 11 is 2.34. The first-order chi connectivity index (χ1) is 20.4. The van der Waals surface area contributed by atoms with Gasteiger partial charge in [-0.05, 0) is 67.4 Å². The third kappa shape index (κ3) is 8.35. The van der Waals surface area contributed by atoms with Gasteiger partial charge in [0.25, 0.3) is 0 Å². The molecule has 3 aromatic carbocycles. The summed E-state index contributed by atoms with van der Waals surface area (Å²) in [5.41, 5.74) is -0.351. The lowest BCUT2D eigenvalue weighted by atomic mass is 9.93. The maximum Gasteiger partial charge on any atom is 0.204 e. The number of unbranched alkanes of at least 4 members (excludes halogenated alkanes) is 6. The second-order valence-electron chi connectivity index (χ2n) is 10.2. The predicted molar refractivity (Wildman–Crippen MR) is 169 cm³/mol. The number of allylic oxidation sites excluding steroid dienone is 2. The third-order valence-corrected chi connectivity index (χ3v) is 8.91. The number of phenolic OH excluding ortho intramolecular Hbond substituents is 2. The van der Waals surface area contributed by atoms with Crippen molar-refractivity contribution in [2.45, 2.75) is 79.9 Å². The number of hydrogen-bond acceptors (Lipinski definition) is 8. The SMILES string of the molecule is CCCCCCOc1ccc(SC2=CC(=O)c3c(O)c(Sc4ccc(OCCCCCC)cc4)cc(O)c3C2=O)cc1. The molecule has 3 aromatic rings. The first-order valence-electron chi connectivity index (χ1n) is 14.6. The van der Waals surface area contributed by atoms with Crippen LogP contribution in [0.4, 0.5) is 0 Å². The molecule has 0 fully saturated rings. The van der Waals surface area contributed by atoms with Crippen LogP contribution in [0.25, 0.3) is 0 Å². The molecule has 6 nitrogen and oxygen atoms in total. The minimum absolute atomic E-state index is 0.175. The first-order valence-corrected chi connectivity index (χ1v) is 16.3. The standard InChI is InChI=1S/C34H38O6S2/c1-3-5-7-9-19-39-23-11-15-25(16-12-23)41-29-21-27(35)32-31(33(29)37)28(36)22-30(34(32)38)42-26-17-13-24(14-18-26)40-20-10-8-6-4-2/h11-18,21-22,35,37H,3-10,19-20H2,1-2H3. The second-order valence-corrected chi connectivity index (χ2v) is 12.4. The lowest BCUT2D eigenvalue weighted by Crippen LogP contribution is -2.16. The molecule has 0 aliphatic heterocycles. The highest BCUT2D eigenvalue weighted by Crippen LogP contribution is 2.46. The summed E-state index contributed by atoms with van der Waals surface area (Å²) in [5, 5.41) is 21.8. The molecule has 0 bridgehead atoms. The molecule has 1 aliphatic carbocycles. The summed E-state index contributed by atoms with van der Waals surface area (Å²) in [4.78, 5) is 28.5. The normalized spacial score (nSPS) is 12.7. The molecule has 0 aromatic heterocycles. The van der Waals surface area contributed by atoms with Crippen LogP contribution in [0.15, 0.2) is 80.3 Å². The van der Waals surface area contributed by atoms with Gasteiger partial charge in [-0.1, -0.05) is 75.9 Å². The Hall–Kier alpha value is -3.36. The molecule has 0 heterocycles. The van der Waals surface area contributed by atoms with Crippen LogP contribution in [0.1, 0.15) is 85.9 Å². The molecule has 0 amide bonds. The van der Waals surface area contributed by atoms with E-state index in [0.717, 1.165) is 58.7 Å². The Morgan fingerprint density at radius 2 is 1.19 bits per heavy atom. The Balaban J connectivity index is 1.41. The summed E-state index contributed by atoms with van der Waals surface area (Å²) in [6.45, 7) is 5.66. The van der Waals surface area contributed by atoms with Crippen LogP contribution in [0, 0.1) is 0 Å². The number of hydrogen-bond donors (Lipinski definition) is 2. The average molecular weight is 607 g/mol. The van der Waals surface area contributed by atoms with Crippen molar-refractivity contribution >= 4 is 35.1 Å². The fourth-order valence-corrected chi connectivity index (χ4v) is 6.32. The van der Waals surface area contributed by atoms with E-state index in [4.69, 9.17) is 9.47 Å². The molecule has 0 spiro atoms. The van der Waals surface area contributed by atoms with Crippen molar-refractivity contribution in [3.63, 3.8) is 0 Å². The molecule has 42 heavy (non-hydrogen) atoms. The molecule has 0 saturated heterocycles. The zero-order chi connectivity index (χ0) is 29.9. The van der Waals surface area contributed by atoms with Crippen LogP contribution in [-0.2, 0) is 0 Å². The minimum Gasteiger partial charge on any atom is -0.507 e. The van der Waals surface area contributed by atoms with Crippen LogP contribution >= 0.6 is 23.5 Å². The number of carbonyl (C=O) groups excluding carboxylic acids is 2. The largest absolute Gasteiger partial charge is 0.507 e. The number of ether oxygens (including phenoxy) is 2. The van der Waals surface area contributed by atoms with E-state index in [-0.39, 0.29) is 32.4 Å². The van der Waals surface area contributed by atoms with Gasteiger partial charge in [0, 0.05) is 15.9 Å². The predicted octanol–water partition coefficient (Wildman–Crippen LogP) is 9.22. The minimum atomic E-state index is -0.527. The molecule has 222 valence electrons. The van der Waals surface area contributed by atoms with Gasteiger partial charge in [-0.25, -0.2) is 0 Å². The smallest absolute Gasteiger partial charge is 0.204 e. The number of Topliss-reactive ketones (excluding diaryl/α,β-unsaturated/α-hetero) is 1. The van der Waals surface area contributed by atoms with Crippen LogP contribution in [0.5, 0.6) is 23.0 Å². The highest BCUT2D eigenvalue weighted by atomic mass is 32.2. The van der Waals surface area contributed by atoms with Crippen molar-refractivity contribution < 1.29 is 29.3 Å². The van der Waals surface area contributed by atoms with Crippen LogP contribution in [0.3, 0.4) is 0 Å². The van der Waals surface area contributed by atoms with E-state index in [0.29, 0.717) is 13.2 Å². The summed E-state index contributed by atoms with van der Waals surface area (Å²) in [6, 6.07) is 16.1. The number of carbonyl (C=O) groups is 2. The summed E-state index contributed by atoms with van der Waals surface area (Å²) in [5.74, 6) is -0.180. The zero-order valence-electron chi connectivity index (χ0n) is 24.2. The lowest BCUT2D eigenvalue weighted by molar-refractivity contribution is 0.0986. The van der Waals surface area contributed by atoms with Gasteiger partial charge < -0.3 is 19.7 Å². The quantitative estimate of drug-likeness (QED) is 0.123. The Morgan fingerprint density at radius 1 is 0.667 bits per heavy atom. The maximum atomic E-state index is 13.3. The van der Waals surface area contributed by atoms with Crippen molar-refractivity contribution in [1.82, 2.24) is 0 Å². The van der Waals surface area contributed by atoms with Crippen LogP contribution in [-0.4, -0.2) is 35.0 Å². The number of benzene rings is 3. The number of fused-ring (bicyclic) bond motifs is 1. The monoisotopic (exact) mass is 606 g/mol. The fraction of sp³-hybridized carbons (Fsp3) is 0.353. The van der Waals surface area contributed by atoms with Crippen LogP contribution in [0.2, 0.25) is 0 Å². The molecular weight excluding hydrogens is 569 g/mol. The van der Waals surface area contributed by atoms with Gasteiger partial charge in [0.2, 0.25) is 5.78 Å². The van der Waals surface area contributed by atoms with Crippen molar-refractivity contribution in [1.29, 1.82) is 0 Å². The van der Waals surface area contributed by atoms with Gasteiger partial charge in [0.05, 0.1) is 34.1 Å². The molecule has 0 saturated carbocycles. The molecule has 1 aliphatic rings. The van der Waals surface area contributed by atoms with Crippen molar-refractivity contribution in [3.8, 4) is 23.0 Å². The molecule has 0 unspecified atom stereocenters. The van der Waals surface area contributed by atoms with E-state index in [9.17, 15) is 19.8 Å². The van der Waals surface area contributed by atoms with Gasteiger partial charge in [-0.2, -0.15) is 0 Å². The lowest BCUT2D eigenvalue weighted by Gasteiger charge is -2.19. The summed E-state index contributed by atoms with van der Waals surface area (Å²) < 4.78 is 11.6. The van der Waals surface area contributed by atoms with E-state index in [1.54, 1.807) is 0 Å². The van der Waals surface area contributed by atoms with Gasteiger partial charge in [-0.3, -0.25) is 9.59 Å². The summed E-state index contributed by atoms with van der Waals surface area (Å²) in [6.07, 6.45) is 10.3. The van der Waals surface area contributed by atoms with Crippen LogP contribution < -0.4 is 9.47 Å². The van der Waals surface area contributed by atoms with Gasteiger partial charge in [0.1, 0.15) is 23.0 Å². The third-order valence-electron chi connectivity index (χ3n) is 6.84. The zero-order valence-corrected chi connectivity index (χ0v) is 25.8. The Kier molecular flexibility index (Phi) is 11.8. The van der Waals surface area contributed by atoms with Crippen molar-refractivity contribution in [2.75, 3.05) is 13.2 Å². The van der Waals surface area contributed by atoms with E-state index < -0.39 is 11.6 Å². The molecular formula is C34H38O6S2. The van der Waals surface area contributed by atoms with E-state index in [1.165, 1.54) is 49.6 Å². The van der Waals surface area contributed by atoms with Gasteiger partial charge in [0.15, 0.2) is 5.78 Å². The Labute approximate surface area is 256 Å². The number of thioether (sulfide) groups is 1. The topological polar surface area (TPSA) is 93.1 Å². The molecule has 0 atom stereocenters. The van der Waals surface area contributed by atoms with Gasteiger partial charge >= 0.3 is 0 Å². The number of aromatic hydroxyl groups is 2. The van der Waals surface area contributed by atoms with E-state index in [2.05, 4.69) is 13.8 Å². The molecule has 2 N–H and O–H groups in total. The number of rotatable bonds is 16. The average Bonchev–Trinajstić information content (AvgIpc) is 2.99. The Bertz CT molecular complexity index is 1400. The van der Waals surface area contributed by atoms with Gasteiger partial charge in [-0.15, -0.1) is 0 Å². The second kappa shape index (κ2) is 15.8. The van der Waals surface area contributed by atoms with Crippen molar-refractivity contribution in [3.05, 3.63) is 76.7 Å². The number of phenols is 2. The highest BCUT2D eigenvalue weighted by molar-refractivity contribution is 8.04. The van der Waals surface area contributed by atoms with Crippen molar-refractivity contribution in [2.24, 2.45) is 0 Å². The van der Waals surface area contributed by atoms with E-state index in [1.807, 2.05) is 48.5 Å². The molecule has 8 heteroatoms. The Morgan fingerprint density at radius 3 is 1.71 bits per heavy atom. The highest BCUT2D eigenvalue weighted by Gasteiger charge is 2.33. The maximum absolute atomic E-state index is 13.3. The number of ketones is 2. The molecule has 4 rings (SSSR count).